The van der Waals surface area contributed by atoms with Gasteiger partial charge in [-0.3, -0.25) is 0 Å². The molecule has 1 aliphatic rings. The van der Waals surface area contributed by atoms with E-state index in [0.717, 1.165) is 30.8 Å². The van der Waals surface area contributed by atoms with Crippen molar-refractivity contribution in [3.05, 3.63) is 35.5 Å². The Bertz CT molecular complexity index is 1090. The molecule has 3 aromatic heterocycles. The van der Waals surface area contributed by atoms with Crippen molar-refractivity contribution in [2.75, 3.05) is 38.7 Å². The summed E-state index contributed by atoms with van der Waals surface area (Å²) < 4.78 is 24.6. The number of hydrogen-bond acceptors (Lipinski definition) is 7. The molecule has 0 aliphatic carbocycles. The van der Waals surface area contributed by atoms with E-state index in [-0.39, 0.29) is 24.6 Å². The topological polar surface area (TPSA) is 105 Å². The molecule has 1 aliphatic heterocycles. The van der Waals surface area contributed by atoms with Crippen LogP contribution < -0.4 is 5.32 Å². The number of pyridine rings is 1. The van der Waals surface area contributed by atoms with Crippen LogP contribution in [-0.4, -0.2) is 70.4 Å². The fourth-order valence-electron chi connectivity index (χ4n) is 3.75. The first-order valence-corrected chi connectivity index (χ1v) is 10.8. The van der Waals surface area contributed by atoms with Crippen molar-refractivity contribution in [3.63, 3.8) is 0 Å². The van der Waals surface area contributed by atoms with Crippen LogP contribution in [0.1, 0.15) is 19.3 Å². The average molecular weight is 463 g/mol. The van der Waals surface area contributed by atoms with Gasteiger partial charge in [0, 0.05) is 43.5 Å². The molecule has 1 fully saturated rings. The highest BCUT2D eigenvalue weighted by molar-refractivity contribution is 6.31. The highest BCUT2D eigenvalue weighted by atomic mass is 35.5. The van der Waals surface area contributed by atoms with Gasteiger partial charge in [-0.1, -0.05) is 11.6 Å². The smallest absolute Gasteiger partial charge is 0.410 e. The number of likely N-dealkylation sites (tertiary alicyclic amines) is 1. The largest absolute Gasteiger partial charge is 0.447 e. The monoisotopic (exact) mass is 462 g/mol. The molecule has 4 rings (SSSR count). The molecule has 0 saturated carbocycles. The number of anilines is 1. The number of halogens is 2. The molecule has 1 saturated heterocycles. The fourth-order valence-corrected chi connectivity index (χ4v) is 3.90. The molecule has 0 bridgehead atoms. The standard InChI is InChI=1S/C21H24ClFN6O3/c1-31-6-7-32-21(30)29-5-3-2-4-14(29)10-25-20-17(23)12-27-19(28-20)16-11-26-18-15(16)8-13(22)9-24-18/h8-9,11-12,14H,2-7,10H2,1H3,(H,24,26)(H,25,27,28). The molecule has 0 radical (unpaired) electrons. The maximum absolute atomic E-state index is 14.5. The number of aromatic amines is 1. The predicted octanol–water partition coefficient (Wildman–Crippen LogP) is 3.86. The lowest BCUT2D eigenvalue weighted by Gasteiger charge is -2.35. The summed E-state index contributed by atoms with van der Waals surface area (Å²) in [4.78, 5) is 29.9. The molecule has 9 nitrogen and oxygen atoms in total. The molecule has 1 unspecified atom stereocenters. The molecule has 1 amide bonds. The van der Waals surface area contributed by atoms with Gasteiger partial charge in [0.15, 0.2) is 17.5 Å². The van der Waals surface area contributed by atoms with Gasteiger partial charge in [0.2, 0.25) is 0 Å². The zero-order valence-electron chi connectivity index (χ0n) is 17.6. The van der Waals surface area contributed by atoms with E-state index in [0.29, 0.717) is 41.8 Å². The zero-order chi connectivity index (χ0) is 22.5. The van der Waals surface area contributed by atoms with E-state index >= 15 is 0 Å². The summed E-state index contributed by atoms with van der Waals surface area (Å²) in [6, 6.07) is 1.62. The number of methoxy groups -OCH3 is 1. The number of H-pyrrole nitrogens is 1. The van der Waals surface area contributed by atoms with Crippen LogP contribution in [0.15, 0.2) is 24.7 Å². The van der Waals surface area contributed by atoms with Crippen molar-refractivity contribution in [2.24, 2.45) is 0 Å². The minimum Gasteiger partial charge on any atom is -0.447 e. The van der Waals surface area contributed by atoms with Crippen molar-refractivity contribution in [1.29, 1.82) is 0 Å². The highest BCUT2D eigenvalue weighted by Crippen LogP contribution is 2.28. The van der Waals surface area contributed by atoms with Crippen molar-refractivity contribution < 1.29 is 18.7 Å². The van der Waals surface area contributed by atoms with Crippen LogP contribution in [0.5, 0.6) is 0 Å². The number of carbonyl (C=O) groups excluding carboxylic acids is 1. The van der Waals surface area contributed by atoms with Crippen LogP contribution in [0, 0.1) is 5.82 Å². The van der Waals surface area contributed by atoms with Crippen LogP contribution in [0.3, 0.4) is 0 Å². The fraction of sp³-hybridized carbons (Fsp3) is 0.429. The van der Waals surface area contributed by atoms with E-state index in [1.54, 1.807) is 30.5 Å². The summed E-state index contributed by atoms with van der Waals surface area (Å²) >= 11 is 6.07. The van der Waals surface area contributed by atoms with Crippen LogP contribution in [0.2, 0.25) is 5.02 Å². The summed E-state index contributed by atoms with van der Waals surface area (Å²) in [5.74, 6) is -0.170. The first kappa shape index (κ1) is 22.2. The number of amides is 1. The summed E-state index contributed by atoms with van der Waals surface area (Å²) in [6.45, 7) is 1.47. The van der Waals surface area contributed by atoms with E-state index in [1.165, 1.54) is 0 Å². The van der Waals surface area contributed by atoms with E-state index in [1.807, 2.05) is 0 Å². The summed E-state index contributed by atoms with van der Waals surface area (Å²) in [5.41, 5.74) is 1.30. The van der Waals surface area contributed by atoms with Crippen LogP contribution in [0.4, 0.5) is 15.0 Å². The summed E-state index contributed by atoms with van der Waals surface area (Å²) in [7, 11) is 1.55. The summed E-state index contributed by atoms with van der Waals surface area (Å²) in [6.07, 6.45) is 6.66. The number of piperidine rings is 1. The second-order valence-electron chi connectivity index (χ2n) is 7.47. The first-order chi connectivity index (χ1) is 15.6. The van der Waals surface area contributed by atoms with Gasteiger partial charge in [-0.25, -0.2) is 24.1 Å². The maximum Gasteiger partial charge on any atom is 0.410 e. The third kappa shape index (κ3) is 4.91. The second-order valence-corrected chi connectivity index (χ2v) is 7.91. The normalized spacial score (nSPS) is 16.3. The number of carbonyl (C=O) groups is 1. The van der Waals surface area contributed by atoms with Crippen molar-refractivity contribution >= 4 is 34.5 Å². The molecule has 170 valence electrons. The predicted molar refractivity (Wildman–Crippen MR) is 118 cm³/mol. The van der Waals surface area contributed by atoms with Crippen LogP contribution >= 0.6 is 11.6 Å². The molecule has 1 atom stereocenters. The Morgan fingerprint density at radius 2 is 2.22 bits per heavy atom. The molecule has 32 heavy (non-hydrogen) atoms. The molecule has 3 aromatic rings. The van der Waals surface area contributed by atoms with Gasteiger partial charge < -0.3 is 24.7 Å². The third-order valence-corrected chi connectivity index (χ3v) is 5.57. The molecule has 4 heterocycles. The van der Waals surface area contributed by atoms with Gasteiger partial charge in [0.1, 0.15) is 12.3 Å². The number of hydrogen-bond donors (Lipinski definition) is 2. The molecule has 0 spiro atoms. The number of fused-ring (bicyclic) bond motifs is 1. The number of nitrogens with one attached hydrogen (secondary N) is 2. The van der Waals surface area contributed by atoms with Crippen molar-refractivity contribution in [1.82, 2.24) is 24.8 Å². The lowest BCUT2D eigenvalue weighted by Crippen LogP contribution is -2.47. The minimum atomic E-state index is -0.574. The van der Waals surface area contributed by atoms with E-state index in [4.69, 9.17) is 21.1 Å². The number of nitrogens with zero attached hydrogens (tertiary/aromatic N) is 4. The number of ether oxygens (including phenoxy) is 2. The van der Waals surface area contributed by atoms with Crippen LogP contribution in [0.25, 0.3) is 22.4 Å². The number of aromatic nitrogens is 4. The Morgan fingerprint density at radius 3 is 3.06 bits per heavy atom. The van der Waals surface area contributed by atoms with Crippen LogP contribution in [-0.2, 0) is 9.47 Å². The lowest BCUT2D eigenvalue weighted by molar-refractivity contribution is 0.0545. The average Bonchev–Trinajstić information content (AvgIpc) is 3.22. The van der Waals surface area contributed by atoms with Gasteiger partial charge in [-0.2, -0.15) is 0 Å². The Morgan fingerprint density at radius 1 is 1.34 bits per heavy atom. The Labute approximate surface area is 189 Å². The first-order valence-electron chi connectivity index (χ1n) is 10.4. The second kappa shape index (κ2) is 10.1. The lowest BCUT2D eigenvalue weighted by atomic mass is 10.0. The van der Waals surface area contributed by atoms with Crippen molar-refractivity contribution in [2.45, 2.75) is 25.3 Å². The van der Waals surface area contributed by atoms with Gasteiger partial charge in [0.05, 0.1) is 23.9 Å². The van der Waals surface area contributed by atoms with E-state index < -0.39 is 5.82 Å². The molecule has 11 heteroatoms. The van der Waals surface area contributed by atoms with Crippen molar-refractivity contribution in [3.8, 4) is 11.4 Å². The quantitative estimate of drug-likeness (QED) is 0.513. The van der Waals surface area contributed by atoms with Gasteiger partial charge in [-0.05, 0) is 25.3 Å². The van der Waals surface area contributed by atoms with Gasteiger partial charge in [0.25, 0.3) is 0 Å². The molecule has 0 aromatic carbocycles. The van der Waals surface area contributed by atoms with E-state index in [9.17, 15) is 9.18 Å². The third-order valence-electron chi connectivity index (χ3n) is 5.36. The molecular formula is C21H24ClFN6O3. The number of rotatable bonds is 7. The minimum absolute atomic E-state index is 0.0672. The highest BCUT2D eigenvalue weighted by Gasteiger charge is 2.28. The SMILES string of the molecule is COCCOC(=O)N1CCCCC1CNc1nc(-c2c[nH]c3ncc(Cl)cc23)ncc1F. The summed E-state index contributed by atoms with van der Waals surface area (Å²) in [5, 5.41) is 4.27. The molecular weight excluding hydrogens is 439 g/mol. The maximum atomic E-state index is 14.5. The molecule has 2 N–H and O–H groups in total. The van der Waals surface area contributed by atoms with Gasteiger partial charge in [-0.15, -0.1) is 0 Å². The van der Waals surface area contributed by atoms with E-state index in [2.05, 4.69) is 25.3 Å². The van der Waals surface area contributed by atoms with Gasteiger partial charge >= 0.3 is 6.09 Å². The Hall–Kier alpha value is -2.98. The Kier molecular flexibility index (Phi) is 7.01. The Balaban J connectivity index is 1.49. The zero-order valence-corrected chi connectivity index (χ0v) is 18.4.